The molecule has 2 atom stereocenters. The van der Waals surface area contributed by atoms with Crippen molar-refractivity contribution in [3.63, 3.8) is 0 Å². The Bertz CT molecular complexity index is 814. The highest BCUT2D eigenvalue weighted by molar-refractivity contribution is 9.10. The molecule has 0 radical (unpaired) electrons. The van der Waals surface area contributed by atoms with E-state index in [0.717, 1.165) is 15.8 Å². The van der Waals surface area contributed by atoms with Crippen molar-refractivity contribution in [2.75, 3.05) is 30.3 Å². The lowest BCUT2D eigenvalue weighted by Crippen LogP contribution is -2.48. The Morgan fingerprint density at radius 1 is 1.00 bits per heavy atom. The second-order valence-electron chi connectivity index (χ2n) is 6.95. The Morgan fingerprint density at radius 3 is 2.18 bits per heavy atom. The van der Waals surface area contributed by atoms with Gasteiger partial charge in [0.1, 0.15) is 0 Å². The van der Waals surface area contributed by atoms with Crippen LogP contribution < -0.4 is 10.6 Å². The molecule has 2 N–H and O–H groups in total. The smallest absolute Gasteiger partial charge is 0.254 e. The van der Waals surface area contributed by atoms with Gasteiger partial charge in [0.05, 0.1) is 18.8 Å². The summed E-state index contributed by atoms with van der Waals surface area (Å²) in [7, 11) is 0. The van der Waals surface area contributed by atoms with Crippen LogP contribution in [-0.2, 0) is 9.53 Å². The van der Waals surface area contributed by atoms with Crippen molar-refractivity contribution in [1.29, 1.82) is 0 Å². The maximum atomic E-state index is 12.7. The highest BCUT2D eigenvalue weighted by Crippen LogP contribution is 2.17. The van der Waals surface area contributed by atoms with E-state index in [1.165, 1.54) is 0 Å². The third kappa shape index (κ3) is 5.56. The van der Waals surface area contributed by atoms with Crippen LogP contribution in [0.1, 0.15) is 24.2 Å². The fourth-order valence-electron chi connectivity index (χ4n) is 3.18. The van der Waals surface area contributed by atoms with Crippen LogP contribution in [0.25, 0.3) is 0 Å². The number of anilines is 2. The number of hydrogen-bond donors (Lipinski definition) is 2. The normalized spacial score (nSPS) is 19.2. The fraction of sp³-hybridized carbons (Fsp3) is 0.333. The molecule has 2 aromatic rings. The minimum Gasteiger partial charge on any atom is -0.376 e. The van der Waals surface area contributed by atoms with Crippen molar-refractivity contribution >= 4 is 39.1 Å². The molecule has 1 fully saturated rings. The second-order valence-corrected chi connectivity index (χ2v) is 7.87. The lowest BCUT2D eigenvalue weighted by molar-refractivity contribution is -0.114. The van der Waals surface area contributed by atoms with Crippen LogP contribution in [0.5, 0.6) is 0 Å². The van der Waals surface area contributed by atoms with Crippen LogP contribution in [0.15, 0.2) is 53.0 Å². The number of hydrogen-bond acceptors (Lipinski definition) is 4. The molecule has 2 unspecified atom stereocenters. The summed E-state index contributed by atoms with van der Waals surface area (Å²) in [5.74, 6) is -0.139. The zero-order chi connectivity index (χ0) is 20.1. The third-order valence-electron chi connectivity index (χ3n) is 4.42. The van der Waals surface area contributed by atoms with Gasteiger partial charge in [-0.3, -0.25) is 9.59 Å². The quantitative estimate of drug-likeness (QED) is 0.734. The Labute approximate surface area is 173 Å². The zero-order valence-electron chi connectivity index (χ0n) is 15.9. The number of rotatable bonds is 5. The van der Waals surface area contributed by atoms with E-state index in [2.05, 4.69) is 26.6 Å². The van der Waals surface area contributed by atoms with Gasteiger partial charge < -0.3 is 20.3 Å². The minimum atomic E-state index is -0.140. The predicted octanol–water partition coefficient (Wildman–Crippen LogP) is 3.75. The average molecular weight is 446 g/mol. The van der Waals surface area contributed by atoms with E-state index in [1.54, 1.807) is 12.1 Å². The van der Waals surface area contributed by atoms with Crippen molar-refractivity contribution in [3.8, 4) is 0 Å². The highest BCUT2D eigenvalue weighted by atomic mass is 79.9. The number of benzene rings is 2. The molecule has 0 aromatic heterocycles. The van der Waals surface area contributed by atoms with Gasteiger partial charge in [0.25, 0.3) is 5.91 Å². The molecule has 0 aliphatic carbocycles. The third-order valence-corrected chi connectivity index (χ3v) is 4.95. The van der Waals surface area contributed by atoms with Crippen LogP contribution in [-0.4, -0.2) is 48.6 Å². The Balaban J connectivity index is 1.52. The molecule has 1 aliphatic rings. The highest BCUT2D eigenvalue weighted by Gasteiger charge is 2.26. The van der Waals surface area contributed by atoms with E-state index in [4.69, 9.17) is 4.74 Å². The first kappa shape index (κ1) is 20.4. The first-order valence-electron chi connectivity index (χ1n) is 9.25. The molecule has 148 valence electrons. The number of morpholine rings is 1. The first-order valence-corrected chi connectivity index (χ1v) is 10.0. The number of ether oxygens (including phenoxy) is 1. The lowest BCUT2D eigenvalue weighted by atomic mass is 10.1. The summed E-state index contributed by atoms with van der Waals surface area (Å²) in [5.41, 5.74) is 2.15. The largest absolute Gasteiger partial charge is 0.376 e. The zero-order valence-corrected chi connectivity index (χ0v) is 17.5. The van der Waals surface area contributed by atoms with Gasteiger partial charge >= 0.3 is 0 Å². The number of carbonyl (C=O) groups excluding carboxylic acids is 2. The SMILES string of the molecule is CC1CN(C(=O)c2ccc(NCC(=O)Nc3ccc(Br)cc3)cc2)CC(C)O1. The van der Waals surface area contributed by atoms with E-state index in [9.17, 15) is 9.59 Å². The molecule has 0 spiro atoms. The molecular formula is C21H24BrN3O3. The van der Waals surface area contributed by atoms with Gasteiger partial charge in [-0.25, -0.2) is 0 Å². The summed E-state index contributed by atoms with van der Waals surface area (Å²) in [4.78, 5) is 26.6. The van der Waals surface area contributed by atoms with E-state index in [1.807, 2.05) is 55.1 Å². The van der Waals surface area contributed by atoms with Gasteiger partial charge in [-0.05, 0) is 62.4 Å². The van der Waals surface area contributed by atoms with Crippen LogP contribution in [0.3, 0.4) is 0 Å². The molecule has 1 aliphatic heterocycles. The summed E-state index contributed by atoms with van der Waals surface area (Å²) >= 11 is 3.36. The maximum absolute atomic E-state index is 12.7. The molecule has 7 heteroatoms. The Kier molecular flexibility index (Phi) is 6.70. The molecule has 1 saturated heterocycles. The van der Waals surface area contributed by atoms with Crippen molar-refractivity contribution in [2.24, 2.45) is 0 Å². The predicted molar refractivity (Wildman–Crippen MR) is 114 cm³/mol. The van der Waals surface area contributed by atoms with Crippen LogP contribution >= 0.6 is 15.9 Å². The molecule has 2 aromatic carbocycles. The molecule has 0 bridgehead atoms. The summed E-state index contributed by atoms with van der Waals surface area (Å²) in [6.45, 7) is 5.28. The van der Waals surface area contributed by atoms with E-state index >= 15 is 0 Å². The molecular weight excluding hydrogens is 422 g/mol. The number of amides is 2. The van der Waals surface area contributed by atoms with Crippen LogP contribution in [0.2, 0.25) is 0 Å². The van der Waals surface area contributed by atoms with Gasteiger partial charge in [-0.15, -0.1) is 0 Å². The van der Waals surface area contributed by atoms with Gasteiger partial charge in [0, 0.05) is 34.5 Å². The number of nitrogens with zero attached hydrogens (tertiary/aromatic N) is 1. The molecule has 6 nitrogen and oxygen atoms in total. The first-order chi connectivity index (χ1) is 13.4. The van der Waals surface area contributed by atoms with Crippen molar-refractivity contribution in [2.45, 2.75) is 26.1 Å². The van der Waals surface area contributed by atoms with Crippen LogP contribution in [0, 0.1) is 0 Å². The lowest BCUT2D eigenvalue weighted by Gasteiger charge is -2.35. The Hall–Kier alpha value is -2.38. The standard InChI is InChI=1S/C21H24BrN3O3/c1-14-12-25(13-15(2)28-14)21(27)16-3-7-18(8-4-16)23-11-20(26)24-19-9-5-17(22)6-10-19/h3-10,14-15,23H,11-13H2,1-2H3,(H,24,26). The molecule has 28 heavy (non-hydrogen) atoms. The average Bonchev–Trinajstić information content (AvgIpc) is 2.67. The number of carbonyl (C=O) groups is 2. The summed E-state index contributed by atoms with van der Waals surface area (Å²) in [6.07, 6.45) is 0.0794. The maximum Gasteiger partial charge on any atom is 0.254 e. The summed E-state index contributed by atoms with van der Waals surface area (Å²) in [6, 6.07) is 14.6. The molecule has 0 saturated carbocycles. The van der Waals surface area contributed by atoms with Crippen LogP contribution in [0.4, 0.5) is 11.4 Å². The van der Waals surface area contributed by atoms with Gasteiger partial charge in [-0.2, -0.15) is 0 Å². The monoisotopic (exact) mass is 445 g/mol. The summed E-state index contributed by atoms with van der Waals surface area (Å²) in [5, 5.41) is 5.89. The van der Waals surface area contributed by atoms with E-state index in [-0.39, 0.29) is 30.6 Å². The summed E-state index contributed by atoms with van der Waals surface area (Å²) < 4.78 is 6.64. The van der Waals surface area contributed by atoms with Gasteiger partial charge in [0.2, 0.25) is 5.91 Å². The van der Waals surface area contributed by atoms with Crippen molar-refractivity contribution in [1.82, 2.24) is 4.90 Å². The minimum absolute atomic E-state index is 0.00142. The van der Waals surface area contributed by atoms with Crippen molar-refractivity contribution < 1.29 is 14.3 Å². The van der Waals surface area contributed by atoms with E-state index in [0.29, 0.717) is 18.7 Å². The number of halogens is 1. The topological polar surface area (TPSA) is 70.7 Å². The second kappa shape index (κ2) is 9.21. The molecule has 1 heterocycles. The van der Waals surface area contributed by atoms with Gasteiger partial charge in [0.15, 0.2) is 0 Å². The van der Waals surface area contributed by atoms with Crippen molar-refractivity contribution in [3.05, 3.63) is 58.6 Å². The molecule has 2 amide bonds. The Morgan fingerprint density at radius 2 is 1.57 bits per heavy atom. The fourth-order valence-corrected chi connectivity index (χ4v) is 3.44. The van der Waals surface area contributed by atoms with Gasteiger partial charge in [-0.1, -0.05) is 15.9 Å². The number of nitrogens with one attached hydrogen (secondary N) is 2. The molecule has 3 rings (SSSR count). The van der Waals surface area contributed by atoms with E-state index < -0.39 is 0 Å².